The number of benzene rings is 1. The van der Waals surface area contributed by atoms with E-state index in [-0.39, 0.29) is 39.1 Å². The van der Waals surface area contributed by atoms with Crippen molar-refractivity contribution in [1.29, 1.82) is 0 Å². The number of amides is 6. The molecule has 3 heterocycles. The summed E-state index contributed by atoms with van der Waals surface area (Å²) in [4.78, 5) is 82.7. The molecule has 0 spiro atoms. The number of nitrogens with two attached hydrogens (primary N) is 1. The van der Waals surface area contributed by atoms with Crippen molar-refractivity contribution in [2.75, 3.05) is 32.8 Å². The van der Waals surface area contributed by atoms with Crippen LogP contribution in [0.5, 0.6) is 0 Å². The number of hydrogen-bond donors (Lipinski definition) is 7. The third-order valence-electron chi connectivity index (χ3n) is 8.83. The summed E-state index contributed by atoms with van der Waals surface area (Å²) >= 11 is 1.61. The number of aliphatic hydroxyl groups excluding tert-OH is 1. The second kappa shape index (κ2) is 17.2. The van der Waals surface area contributed by atoms with Gasteiger partial charge in [0.25, 0.3) is 0 Å². The highest BCUT2D eigenvalue weighted by Gasteiger charge is 2.45. The predicted molar refractivity (Wildman–Crippen MR) is 190 cm³/mol. The van der Waals surface area contributed by atoms with Gasteiger partial charge in [-0.1, -0.05) is 45.0 Å². The first-order valence-electron chi connectivity index (χ1n) is 17.0. The van der Waals surface area contributed by atoms with E-state index in [1.54, 1.807) is 32.1 Å². The summed E-state index contributed by atoms with van der Waals surface area (Å²) in [5.41, 5.74) is 7.80. The number of aliphatic hydroxyl groups is 1. The smallest absolute Gasteiger partial charge is 0.246 e. The highest BCUT2D eigenvalue weighted by atomic mass is 32.1. The fourth-order valence-corrected chi connectivity index (χ4v) is 6.87. The van der Waals surface area contributed by atoms with E-state index in [1.807, 2.05) is 42.6 Å². The number of nitrogens with one attached hydrogen (secondary N) is 5. The SMILES string of the molecule is Cc1ccsc1-c1ccc(C[C@H]2NC(=O)[C@@H]3C[C@@H](O)CN3C(=O)[C@H](C(C)(C)C)NC(=O)COCCNC(=O)[C@@H](CN)NC(=O)[C@@H](C)NC2=O)cc1. The molecule has 0 aliphatic carbocycles. The molecule has 4 rings (SSSR count). The molecule has 1 aromatic heterocycles. The number of hydrogen-bond acceptors (Lipinski definition) is 10. The fraction of sp³-hybridized carbons (Fsp3) is 0.543. The molecular weight excluding hydrogens is 678 g/mol. The third-order valence-corrected chi connectivity index (χ3v) is 9.90. The lowest BCUT2D eigenvalue weighted by molar-refractivity contribution is -0.145. The molecule has 0 saturated carbocycles. The molecule has 2 aliphatic rings. The summed E-state index contributed by atoms with van der Waals surface area (Å²) in [6.45, 7) is 7.87. The molecule has 1 aromatic carbocycles. The van der Waals surface area contributed by atoms with Crippen molar-refractivity contribution in [3.63, 3.8) is 0 Å². The van der Waals surface area contributed by atoms with Crippen molar-refractivity contribution in [3.05, 3.63) is 46.8 Å². The standard InChI is InChI=1S/C35H49N7O8S/c1-19-10-13-51-28(19)22-8-6-21(7-9-22)14-24-32(47)38-20(2)30(45)40-25(16-36)31(46)37-11-12-50-18-27(44)41-29(35(3,4)5)34(49)42-17-23(43)15-26(42)33(48)39-24/h6-10,13,20,23-26,29,43H,11-12,14-18,36H2,1-5H3,(H,37,46)(H,38,47)(H,39,48)(H,40,45)(H,41,44)/t20-,23-,24-,25-,26+,29-/m1/s1. The highest BCUT2D eigenvalue weighted by molar-refractivity contribution is 7.13. The maximum Gasteiger partial charge on any atom is 0.246 e. The Morgan fingerprint density at radius 3 is 2.24 bits per heavy atom. The van der Waals surface area contributed by atoms with Gasteiger partial charge in [0.2, 0.25) is 35.4 Å². The first-order chi connectivity index (χ1) is 24.1. The van der Waals surface area contributed by atoms with Crippen LogP contribution in [0, 0.1) is 12.3 Å². The van der Waals surface area contributed by atoms with E-state index in [0.717, 1.165) is 16.0 Å². The Kier molecular flexibility index (Phi) is 13.3. The average molecular weight is 728 g/mol. The van der Waals surface area contributed by atoms with E-state index in [0.29, 0.717) is 5.56 Å². The number of nitrogens with zero attached hydrogens (tertiary/aromatic N) is 1. The Morgan fingerprint density at radius 2 is 1.61 bits per heavy atom. The van der Waals surface area contributed by atoms with Crippen LogP contribution in [0.3, 0.4) is 0 Å². The van der Waals surface area contributed by atoms with Crippen molar-refractivity contribution < 1.29 is 38.6 Å². The van der Waals surface area contributed by atoms with E-state index in [1.165, 1.54) is 11.8 Å². The van der Waals surface area contributed by atoms with Crippen LogP contribution in [-0.2, 0) is 39.9 Å². The zero-order chi connectivity index (χ0) is 37.5. The Balaban J connectivity index is 1.65. The minimum absolute atomic E-state index is 0.00310. The van der Waals surface area contributed by atoms with Crippen LogP contribution in [0.1, 0.15) is 45.2 Å². The molecule has 0 unspecified atom stereocenters. The number of fused-ring (bicyclic) bond motifs is 1. The maximum atomic E-state index is 14.0. The monoisotopic (exact) mass is 727 g/mol. The minimum Gasteiger partial charge on any atom is -0.391 e. The summed E-state index contributed by atoms with van der Waals surface area (Å²) in [7, 11) is 0. The van der Waals surface area contributed by atoms with Crippen LogP contribution in [-0.4, -0.2) is 115 Å². The van der Waals surface area contributed by atoms with E-state index < -0.39 is 83.8 Å². The van der Waals surface area contributed by atoms with E-state index in [4.69, 9.17) is 10.5 Å². The van der Waals surface area contributed by atoms with Crippen molar-refractivity contribution >= 4 is 46.8 Å². The van der Waals surface area contributed by atoms with Crippen LogP contribution in [0.4, 0.5) is 0 Å². The molecule has 51 heavy (non-hydrogen) atoms. The van der Waals surface area contributed by atoms with Crippen molar-refractivity contribution in [1.82, 2.24) is 31.5 Å². The van der Waals surface area contributed by atoms with Crippen LogP contribution < -0.4 is 32.3 Å². The van der Waals surface area contributed by atoms with Crippen molar-refractivity contribution in [2.45, 2.75) is 83.8 Å². The maximum absolute atomic E-state index is 14.0. The lowest BCUT2D eigenvalue weighted by atomic mass is 9.85. The average Bonchev–Trinajstić information content (AvgIpc) is 3.69. The lowest BCUT2D eigenvalue weighted by Gasteiger charge is -2.35. The van der Waals surface area contributed by atoms with Gasteiger partial charge in [-0.2, -0.15) is 0 Å². The van der Waals surface area contributed by atoms with Gasteiger partial charge in [-0.05, 0) is 47.4 Å². The molecule has 2 aliphatic heterocycles. The second-order valence-corrected chi connectivity index (χ2v) is 14.9. The Labute approximate surface area is 301 Å². The molecule has 8 N–H and O–H groups in total. The van der Waals surface area contributed by atoms with Crippen LogP contribution >= 0.6 is 11.3 Å². The van der Waals surface area contributed by atoms with E-state index in [2.05, 4.69) is 26.6 Å². The summed E-state index contributed by atoms with van der Waals surface area (Å²) in [5, 5.41) is 25.8. The predicted octanol–water partition coefficient (Wildman–Crippen LogP) is -0.662. The van der Waals surface area contributed by atoms with Gasteiger partial charge in [0.15, 0.2) is 0 Å². The molecule has 16 heteroatoms. The molecule has 2 fully saturated rings. The van der Waals surface area contributed by atoms with Gasteiger partial charge < -0.3 is 47.1 Å². The van der Waals surface area contributed by atoms with Gasteiger partial charge in [-0.15, -0.1) is 11.3 Å². The number of rotatable bonds is 4. The summed E-state index contributed by atoms with van der Waals surface area (Å²) in [5.74, 6) is -3.81. The number of carbonyl (C=O) groups excluding carboxylic acids is 6. The highest BCUT2D eigenvalue weighted by Crippen LogP contribution is 2.30. The molecule has 15 nitrogen and oxygen atoms in total. The minimum atomic E-state index is -1.20. The molecule has 6 atom stereocenters. The molecule has 0 radical (unpaired) electrons. The molecular formula is C35H49N7O8S. The first-order valence-corrected chi connectivity index (χ1v) is 17.8. The van der Waals surface area contributed by atoms with E-state index >= 15 is 0 Å². The number of carbonyl (C=O) groups is 6. The van der Waals surface area contributed by atoms with E-state index in [9.17, 15) is 33.9 Å². The third kappa shape index (κ3) is 10.3. The van der Waals surface area contributed by atoms with Crippen LogP contribution in [0.2, 0.25) is 0 Å². The van der Waals surface area contributed by atoms with Gasteiger partial charge in [-0.25, -0.2) is 0 Å². The first kappa shape index (κ1) is 39.4. The zero-order valence-electron chi connectivity index (χ0n) is 29.6. The Hall–Kier alpha value is -4.38. The van der Waals surface area contributed by atoms with Gasteiger partial charge in [-0.3, -0.25) is 28.8 Å². The van der Waals surface area contributed by atoms with Crippen molar-refractivity contribution in [3.8, 4) is 10.4 Å². The van der Waals surface area contributed by atoms with Crippen LogP contribution in [0.15, 0.2) is 35.7 Å². The topological polar surface area (TPSA) is 221 Å². The second-order valence-electron chi connectivity index (χ2n) is 14.0. The fourth-order valence-electron chi connectivity index (χ4n) is 5.94. The molecule has 2 saturated heterocycles. The van der Waals surface area contributed by atoms with Crippen LogP contribution in [0.25, 0.3) is 10.4 Å². The number of aryl methyl sites for hydroxylation is 1. The lowest BCUT2D eigenvalue weighted by Crippen LogP contribution is -2.60. The van der Waals surface area contributed by atoms with Gasteiger partial charge in [0.05, 0.1) is 12.7 Å². The number of thiophene rings is 1. The molecule has 0 bridgehead atoms. The summed E-state index contributed by atoms with van der Waals surface area (Å²) in [6.07, 6.45) is -1.08. The normalized spacial score (nSPS) is 26.6. The molecule has 2 aromatic rings. The zero-order valence-corrected chi connectivity index (χ0v) is 30.4. The number of ether oxygens (including phenoxy) is 1. The van der Waals surface area contributed by atoms with Crippen molar-refractivity contribution in [2.24, 2.45) is 11.1 Å². The quantitative estimate of drug-likeness (QED) is 0.212. The molecule has 6 amide bonds. The van der Waals surface area contributed by atoms with Gasteiger partial charge in [0, 0.05) is 37.4 Å². The Bertz CT molecular complexity index is 1590. The largest absolute Gasteiger partial charge is 0.391 e. The van der Waals surface area contributed by atoms with Gasteiger partial charge in [0.1, 0.15) is 36.8 Å². The molecule has 278 valence electrons. The van der Waals surface area contributed by atoms with Gasteiger partial charge >= 0.3 is 0 Å². The summed E-state index contributed by atoms with van der Waals surface area (Å²) in [6, 6.07) is 3.90. The summed E-state index contributed by atoms with van der Waals surface area (Å²) < 4.78 is 5.40. The Morgan fingerprint density at radius 1 is 0.922 bits per heavy atom.